The maximum absolute atomic E-state index is 11.5. The van der Waals surface area contributed by atoms with Crippen LogP contribution in [-0.2, 0) is 0 Å². The topological polar surface area (TPSA) is 89.1 Å². The van der Waals surface area contributed by atoms with E-state index in [1.165, 1.54) is 20.7 Å². The average Bonchev–Trinajstić information content (AvgIpc) is 3.51. The molecule has 1 aliphatic rings. The van der Waals surface area contributed by atoms with Gasteiger partial charge in [-0.15, -0.1) is 11.3 Å². The van der Waals surface area contributed by atoms with Crippen molar-refractivity contribution in [2.45, 2.75) is 52.4 Å². The number of pyridine rings is 1. The van der Waals surface area contributed by atoms with Gasteiger partial charge >= 0.3 is 6.09 Å². The largest absolute Gasteiger partial charge is 0.494 e. The number of rotatable bonds is 13. The minimum atomic E-state index is -0.781. The summed E-state index contributed by atoms with van der Waals surface area (Å²) in [6.45, 7) is 11.7. The number of unbranched alkanes of at least 4 members (excludes halogenated alkanes) is 3. The fourth-order valence-corrected chi connectivity index (χ4v) is 6.12. The van der Waals surface area contributed by atoms with Crippen molar-refractivity contribution in [3.63, 3.8) is 0 Å². The first-order valence-electron chi connectivity index (χ1n) is 15.7. The highest BCUT2D eigenvalue weighted by Crippen LogP contribution is 2.31. The standard InChI is InChI=1S/C25H27N3O2S.C9H19NO2/c29-25-9-7-19-6-8-20(18-22(19)26-25)30-16-2-1-11-27-12-14-28(15-13-27)23-4-3-5-24-21(23)10-17-31-24;1-3-5-7-10(9(11)12)8-6-4-2/h3-10,17-18H,1-2,11-16H2,(H,26,29);3-8H2,1-2H3,(H,11,12). The van der Waals surface area contributed by atoms with Crippen LogP contribution in [0.15, 0.2) is 64.8 Å². The van der Waals surface area contributed by atoms with Crippen LogP contribution < -0.4 is 15.2 Å². The van der Waals surface area contributed by atoms with Gasteiger partial charge in [-0.2, -0.15) is 0 Å². The second kappa shape index (κ2) is 16.9. The second-order valence-corrected chi connectivity index (χ2v) is 12.0. The molecule has 2 aromatic carbocycles. The molecular weight excluding hydrogens is 560 g/mol. The molecule has 0 radical (unpaired) electrons. The van der Waals surface area contributed by atoms with Gasteiger partial charge in [0, 0.05) is 67.2 Å². The Kier molecular flexibility index (Phi) is 12.7. The van der Waals surface area contributed by atoms with Crippen LogP contribution >= 0.6 is 11.3 Å². The molecule has 2 aromatic heterocycles. The van der Waals surface area contributed by atoms with Gasteiger partial charge in [-0.3, -0.25) is 9.69 Å². The molecule has 0 spiro atoms. The van der Waals surface area contributed by atoms with Crippen LogP contribution in [0.3, 0.4) is 0 Å². The number of benzene rings is 2. The fraction of sp³-hybridized carbons (Fsp3) is 0.471. The molecule has 0 atom stereocenters. The summed E-state index contributed by atoms with van der Waals surface area (Å²) in [5.41, 5.74) is 2.11. The Hall–Kier alpha value is -3.56. The van der Waals surface area contributed by atoms with E-state index in [1.54, 1.807) is 6.07 Å². The zero-order valence-electron chi connectivity index (χ0n) is 25.6. The number of aromatic nitrogens is 1. The second-order valence-electron chi connectivity index (χ2n) is 11.0. The smallest absolute Gasteiger partial charge is 0.407 e. The van der Waals surface area contributed by atoms with E-state index >= 15 is 0 Å². The summed E-state index contributed by atoms with van der Waals surface area (Å²) in [6.07, 6.45) is 5.41. The third-order valence-corrected chi connectivity index (χ3v) is 8.74. The zero-order chi connectivity index (χ0) is 30.4. The Labute approximate surface area is 258 Å². The number of nitrogens with zero attached hydrogens (tertiary/aromatic N) is 3. The molecule has 5 rings (SSSR count). The van der Waals surface area contributed by atoms with E-state index in [0.29, 0.717) is 19.7 Å². The third-order valence-electron chi connectivity index (χ3n) is 7.85. The molecule has 1 amide bonds. The van der Waals surface area contributed by atoms with E-state index in [1.807, 2.05) is 35.6 Å². The van der Waals surface area contributed by atoms with Crippen LogP contribution in [0.5, 0.6) is 5.75 Å². The number of ether oxygens (including phenoxy) is 1. The number of anilines is 1. The van der Waals surface area contributed by atoms with Crippen LogP contribution in [0.25, 0.3) is 21.0 Å². The highest BCUT2D eigenvalue weighted by molar-refractivity contribution is 7.17. The molecule has 2 N–H and O–H groups in total. The minimum Gasteiger partial charge on any atom is -0.494 e. The summed E-state index contributed by atoms with van der Waals surface area (Å²) in [7, 11) is 0. The Morgan fingerprint density at radius 3 is 2.42 bits per heavy atom. The van der Waals surface area contributed by atoms with Crippen LogP contribution in [0, 0.1) is 0 Å². The monoisotopic (exact) mass is 606 g/mol. The predicted octanol–water partition coefficient (Wildman–Crippen LogP) is 7.29. The van der Waals surface area contributed by atoms with Gasteiger partial charge in [-0.25, -0.2) is 4.79 Å². The van der Waals surface area contributed by atoms with Crippen molar-refractivity contribution in [3.05, 3.63) is 70.3 Å². The molecule has 1 fully saturated rings. The number of hydrogen-bond donors (Lipinski definition) is 2. The van der Waals surface area contributed by atoms with Crippen LogP contribution in [-0.4, -0.2) is 78.4 Å². The van der Waals surface area contributed by atoms with Gasteiger partial charge in [0.15, 0.2) is 0 Å². The average molecular weight is 607 g/mol. The van der Waals surface area contributed by atoms with Crippen molar-refractivity contribution < 1.29 is 14.6 Å². The van der Waals surface area contributed by atoms with Crippen molar-refractivity contribution in [1.82, 2.24) is 14.8 Å². The van der Waals surface area contributed by atoms with E-state index < -0.39 is 6.09 Å². The number of fused-ring (bicyclic) bond motifs is 2. The molecule has 1 saturated heterocycles. The zero-order valence-corrected chi connectivity index (χ0v) is 26.4. The number of hydrogen-bond acceptors (Lipinski definition) is 6. The lowest BCUT2D eigenvalue weighted by atomic mass is 10.2. The SMILES string of the molecule is CCCCN(CCCC)C(=O)O.O=c1ccc2ccc(OCCCCN3CCN(c4cccc5sccc45)CC3)cc2[nH]1. The summed E-state index contributed by atoms with van der Waals surface area (Å²) in [4.78, 5) is 31.6. The molecule has 0 aliphatic carbocycles. The summed E-state index contributed by atoms with van der Waals surface area (Å²) >= 11 is 1.82. The number of nitrogens with one attached hydrogen (secondary N) is 1. The Morgan fingerprint density at radius 2 is 1.70 bits per heavy atom. The highest BCUT2D eigenvalue weighted by atomic mass is 32.1. The molecule has 4 aromatic rings. The molecule has 232 valence electrons. The van der Waals surface area contributed by atoms with Gasteiger partial charge in [-0.1, -0.05) is 32.8 Å². The minimum absolute atomic E-state index is 0.0863. The Bertz CT molecular complexity index is 1470. The van der Waals surface area contributed by atoms with Crippen LogP contribution in [0.2, 0.25) is 0 Å². The van der Waals surface area contributed by atoms with E-state index in [4.69, 9.17) is 9.84 Å². The van der Waals surface area contributed by atoms with E-state index in [2.05, 4.69) is 58.3 Å². The van der Waals surface area contributed by atoms with Gasteiger partial charge in [0.25, 0.3) is 0 Å². The molecule has 3 heterocycles. The van der Waals surface area contributed by atoms with Gasteiger partial charge in [-0.05, 0) is 79.4 Å². The van der Waals surface area contributed by atoms with Gasteiger partial charge < -0.3 is 24.6 Å². The first kappa shape index (κ1) is 32.4. The molecule has 0 saturated carbocycles. The Morgan fingerprint density at radius 1 is 0.953 bits per heavy atom. The molecule has 1 aliphatic heterocycles. The lowest BCUT2D eigenvalue weighted by Crippen LogP contribution is -2.46. The van der Waals surface area contributed by atoms with Crippen LogP contribution in [0.4, 0.5) is 10.5 Å². The number of aromatic amines is 1. The first-order valence-corrected chi connectivity index (χ1v) is 16.5. The van der Waals surface area contributed by atoms with Crippen molar-refractivity contribution in [2.24, 2.45) is 0 Å². The maximum atomic E-state index is 11.5. The number of thiophene rings is 1. The van der Waals surface area contributed by atoms with E-state index in [-0.39, 0.29) is 5.56 Å². The van der Waals surface area contributed by atoms with Gasteiger partial charge in [0.05, 0.1) is 12.1 Å². The number of carboxylic acid groups (broad SMARTS) is 1. The predicted molar refractivity (Wildman–Crippen MR) is 179 cm³/mol. The van der Waals surface area contributed by atoms with Crippen molar-refractivity contribution in [1.29, 1.82) is 0 Å². The van der Waals surface area contributed by atoms with Crippen molar-refractivity contribution in [3.8, 4) is 5.75 Å². The quantitative estimate of drug-likeness (QED) is 0.155. The molecule has 43 heavy (non-hydrogen) atoms. The number of carbonyl (C=O) groups is 1. The maximum Gasteiger partial charge on any atom is 0.407 e. The molecular formula is C34H46N4O4S. The summed E-state index contributed by atoms with van der Waals surface area (Å²) in [5, 5.41) is 13.3. The molecule has 0 bridgehead atoms. The molecule has 9 heteroatoms. The fourth-order valence-electron chi connectivity index (χ4n) is 5.31. The van der Waals surface area contributed by atoms with Crippen molar-refractivity contribution in [2.75, 3.05) is 57.3 Å². The van der Waals surface area contributed by atoms with Gasteiger partial charge in [0.1, 0.15) is 5.75 Å². The molecule has 8 nitrogen and oxygen atoms in total. The van der Waals surface area contributed by atoms with Crippen molar-refractivity contribution >= 4 is 44.1 Å². The summed E-state index contributed by atoms with van der Waals surface area (Å²) in [5.74, 6) is 0.811. The third kappa shape index (κ3) is 9.73. The highest BCUT2D eigenvalue weighted by Gasteiger charge is 2.18. The lowest BCUT2D eigenvalue weighted by molar-refractivity contribution is 0.143. The number of H-pyrrole nitrogens is 1. The molecule has 0 unspecified atom stereocenters. The van der Waals surface area contributed by atoms with E-state index in [0.717, 1.165) is 87.9 Å². The first-order chi connectivity index (χ1) is 21.0. The normalized spacial score (nSPS) is 13.6. The summed E-state index contributed by atoms with van der Waals surface area (Å²) < 4.78 is 7.28. The number of amides is 1. The summed E-state index contributed by atoms with van der Waals surface area (Å²) in [6, 6.07) is 18.1. The van der Waals surface area contributed by atoms with Crippen LogP contribution in [0.1, 0.15) is 52.4 Å². The number of piperazine rings is 1. The van der Waals surface area contributed by atoms with E-state index in [9.17, 15) is 9.59 Å². The van der Waals surface area contributed by atoms with Gasteiger partial charge in [0.2, 0.25) is 5.56 Å². The Balaban J connectivity index is 0.000000301. The lowest BCUT2D eigenvalue weighted by Gasteiger charge is -2.36.